The van der Waals surface area contributed by atoms with E-state index in [1.54, 1.807) is 0 Å². The zero-order chi connectivity index (χ0) is 21.8. The maximum atomic E-state index is 13.3. The minimum absolute atomic E-state index is 0.0650. The average Bonchev–Trinajstić information content (AvgIpc) is 3.01. The Hall–Kier alpha value is -2.60. The molecule has 4 rings (SSSR count). The van der Waals surface area contributed by atoms with E-state index in [2.05, 4.69) is 10.4 Å². The Morgan fingerprint density at radius 2 is 2.07 bits per heavy atom. The zero-order valence-corrected chi connectivity index (χ0v) is 16.8. The van der Waals surface area contributed by atoms with Crippen molar-refractivity contribution in [3.63, 3.8) is 0 Å². The van der Waals surface area contributed by atoms with Crippen LogP contribution in [0.5, 0.6) is 0 Å². The van der Waals surface area contributed by atoms with Gasteiger partial charge in [-0.2, -0.15) is 17.5 Å². The van der Waals surface area contributed by atoms with Crippen molar-refractivity contribution < 1.29 is 26.4 Å². The second-order valence-electron chi connectivity index (χ2n) is 7.47. The molecule has 1 aromatic carbocycles. The minimum atomic E-state index is -4.54. The molecule has 0 saturated heterocycles. The van der Waals surface area contributed by atoms with Crippen molar-refractivity contribution in [1.29, 1.82) is 0 Å². The van der Waals surface area contributed by atoms with Crippen LogP contribution in [0, 0.1) is 0 Å². The van der Waals surface area contributed by atoms with E-state index in [1.165, 1.54) is 10.4 Å². The lowest BCUT2D eigenvalue weighted by Gasteiger charge is -2.28. The molecule has 3 N–H and O–H groups in total. The number of carbonyl (C=O) groups excluding carboxylic acids is 1. The number of hydrogen-bond donors (Lipinski definition) is 2. The summed E-state index contributed by atoms with van der Waals surface area (Å²) in [6.07, 6.45) is -2.88. The molecule has 2 aliphatic heterocycles. The normalized spacial score (nSPS) is 19.7. The van der Waals surface area contributed by atoms with Gasteiger partial charge in [0, 0.05) is 24.3 Å². The van der Waals surface area contributed by atoms with Crippen molar-refractivity contribution in [3.05, 3.63) is 40.6 Å². The lowest BCUT2D eigenvalue weighted by atomic mass is 9.88. The molecule has 0 radical (unpaired) electrons. The zero-order valence-electron chi connectivity index (χ0n) is 16.0. The van der Waals surface area contributed by atoms with E-state index in [-0.39, 0.29) is 30.9 Å². The van der Waals surface area contributed by atoms with Crippen LogP contribution >= 0.6 is 0 Å². The van der Waals surface area contributed by atoms with Gasteiger partial charge in [-0.1, -0.05) is 0 Å². The highest BCUT2D eigenvalue weighted by atomic mass is 32.2. The van der Waals surface area contributed by atoms with Gasteiger partial charge in [0.15, 0.2) is 0 Å². The Bertz CT molecular complexity index is 1130. The van der Waals surface area contributed by atoms with E-state index in [4.69, 9.17) is 5.73 Å². The third-order valence-electron chi connectivity index (χ3n) is 5.54. The maximum absolute atomic E-state index is 13.3. The van der Waals surface area contributed by atoms with Gasteiger partial charge in [-0.05, 0) is 36.6 Å². The first kappa shape index (κ1) is 20.7. The molecule has 0 aliphatic carbocycles. The van der Waals surface area contributed by atoms with Crippen LogP contribution in [0.2, 0.25) is 0 Å². The average molecular weight is 443 g/mol. The summed E-state index contributed by atoms with van der Waals surface area (Å²) in [5.74, 6) is -1.26. The quantitative estimate of drug-likeness (QED) is 0.735. The molecule has 8 nitrogen and oxygen atoms in total. The van der Waals surface area contributed by atoms with Crippen LogP contribution in [0.1, 0.15) is 39.5 Å². The van der Waals surface area contributed by atoms with Crippen molar-refractivity contribution in [3.8, 4) is 0 Å². The maximum Gasteiger partial charge on any atom is 0.416 e. The number of hydrogen-bond acceptors (Lipinski definition) is 6. The van der Waals surface area contributed by atoms with Crippen molar-refractivity contribution in [1.82, 2.24) is 14.1 Å². The van der Waals surface area contributed by atoms with Gasteiger partial charge in [-0.25, -0.2) is 13.1 Å². The first-order valence-electron chi connectivity index (χ1n) is 9.27. The highest BCUT2D eigenvalue weighted by molar-refractivity contribution is 7.88. The Balaban J connectivity index is 1.75. The van der Waals surface area contributed by atoms with Crippen LogP contribution in [0.4, 0.5) is 24.7 Å². The molecule has 0 bridgehead atoms. The minimum Gasteiger partial charge on any atom is -0.385 e. The molecule has 3 heterocycles. The highest BCUT2D eigenvalue weighted by Crippen LogP contribution is 2.38. The molecule has 12 heteroatoms. The molecule has 1 atom stereocenters. The molecule has 0 amide bonds. The smallest absolute Gasteiger partial charge is 0.385 e. The SMILES string of the molecule is CS(=O)(=O)N1CCc2c(N)nn(C(=O)C3CCNc4ccc(C(F)(F)F)cc43)c2C1. The molecule has 0 spiro atoms. The molecule has 1 unspecified atom stereocenters. The van der Waals surface area contributed by atoms with Crippen LogP contribution in [0.3, 0.4) is 0 Å². The number of alkyl halides is 3. The summed E-state index contributed by atoms with van der Waals surface area (Å²) in [4.78, 5) is 13.3. The summed E-state index contributed by atoms with van der Waals surface area (Å²) in [7, 11) is -3.49. The number of nitrogens with one attached hydrogen (secondary N) is 1. The van der Waals surface area contributed by atoms with Gasteiger partial charge in [0.2, 0.25) is 10.0 Å². The largest absolute Gasteiger partial charge is 0.416 e. The lowest BCUT2D eigenvalue weighted by Crippen LogP contribution is -2.37. The molecular weight excluding hydrogens is 423 g/mol. The second-order valence-corrected chi connectivity index (χ2v) is 9.46. The van der Waals surface area contributed by atoms with E-state index in [0.29, 0.717) is 29.9 Å². The van der Waals surface area contributed by atoms with Gasteiger partial charge >= 0.3 is 6.18 Å². The number of nitrogens with zero attached hydrogens (tertiary/aromatic N) is 3. The van der Waals surface area contributed by atoms with Crippen molar-refractivity contribution in [2.75, 3.05) is 30.4 Å². The number of anilines is 2. The van der Waals surface area contributed by atoms with Crippen LogP contribution < -0.4 is 11.1 Å². The second kappa shape index (κ2) is 6.98. The molecule has 2 aromatic rings. The van der Waals surface area contributed by atoms with Gasteiger partial charge in [0.25, 0.3) is 5.91 Å². The number of aromatic nitrogens is 2. The number of sulfonamides is 1. The number of fused-ring (bicyclic) bond motifs is 2. The van der Waals surface area contributed by atoms with Crippen LogP contribution in [-0.4, -0.2) is 47.8 Å². The summed E-state index contributed by atoms with van der Waals surface area (Å²) < 4.78 is 65.8. The summed E-state index contributed by atoms with van der Waals surface area (Å²) in [5.41, 5.74) is 6.76. The molecule has 0 fully saturated rings. The number of rotatable bonds is 2. The Morgan fingerprint density at radius 1 is 1.33 bits per heavy atom. The Kier molecular flexibility index (Phi) is 4.81. The molecule has 30 heavy (non-hydrogen) atoms. The van der Waals surface area contributed by atoms with Crippen molar-refractivity contribution >= 4 is 27.4 Å². The Labute approximate surface area is 170 Å². The topological polar surface area (TPSA) is 110 Å². The number of benzene rings is 1. The van der Waals surface area contributed by atoms with Crippen molar-refractivity contribution in [2.24, 2.45) is 0 Å². The number of carbonyl (C=O) groups is 1. The number of nitrogens with two attached hydrogens (primary N) is 1. The van der Waals surface area contributed by atoms with Gasteiger partial charge < -0.3 is 11.1 Å². The van der Waals surface area contributed by atoms with Gasteiger partial charge in [-0.15, -0.1) is 5.10 Å². The number of halogens is 3. The monoisotopic (exact) mass is 443 g/mol. The fraction of sp³-hybridized carbons (Fsp3) is 0.444. The fourth-order valence-electron chi connectivity index (χ4n) is 3.99. The summed E-state index contributed by atoms with van der Waals surface area (Å²) in [6, 6.07) is 3.26. The summed E-state index contributed by atoms with van der Waals surface area (Å²) in [6.45, 7) is 0.564. The van der Waals surface area contributed by atoms with E-state index in [1.807, 2.05) is 0 Å². The highest BCUT2D eigenvalue weighted by Gasteiger charge is 2.37. The van der Waals surface area contributed by atoms with E-state index in [9.17, 15) is 26.4 Å². The molecule has 1 aromatic heterocycles. The first-order valence-corrected chi connectivity index (χ1v) is 11.1. The van der Waals surface area contributed by atoms with Gasteiger partial charge in [0.05, 0.1) is 30.0 Å². The first-order chi connectivity index (χ1) is 14.0. The van der Waals surface area contributed by atoms with E-state index in [0.717, 1.165) is 23.1 Å². The predicted molar refractivity (Wildman–Crippen MR) is 104 cm³/mol. The molecule has 162 valence electrons. The summed E-state index contributed by atoms with van der Waals surface area (Å²) >= 11 is 0. The molecule has 2 aliphatic rings. The number of nitrogen functional groups attached to an aromatic ring is 1. The molecule has 0 saturated carbocycles. The van der Waals surface area contributed by atoms with Gasteiger partial charge in [-0.3, -0.25) is 4.79 Å². The van der Waals surface area contributed by atoms with E-state index >= 15 is 0 Å². The Morgan fingerprint density at radius 3 is 2.73 bits per heavy atom. The predicted octanol–water partition coefficient (Wildman–Crippen LogP) is 2.04. The van der Waals surface area contributed by atoms with Crippen molar-refractivity contribution in [2.45, 2.75) is 31.5 Å². The molecular formula is C18H20F3N5O3S. The van der Waals surface area contributed by atoms with Gasteiger partial charge in [0.1, 0.15) is 5.82 Å². The standard InChI is InChI=1S/C18H20F3N5O3S/c1-30(28,29)25-7-5-12-15(9-25)26(24-16(12)22)17(27)11-4-6-23-14-3-2-10(8-13(11)14)18(19,20)21/h2-3,8,11,23H,4-7,9H2,1H3,(H2,22,24). The van der Waals surface area contributed by atoms with Crippen LogP contribution in [0.25, 0.3) is 0 Å². The third kappa shape index (κ3) is 3.54. The fourth-order valence-corrected chi connectivity index (χ4v) is 4.77. The van der Waals surface area contributed by atoms with E-state index < -0.39 is 33.6 Å². The third-order valence-corrected chi connectivity index (χ3v) is 6.79. The van der Waals surface area contributed by atoms with Crippen LogP contribution in [0.15, 0.2) is 18.2 Å². The summed E-state index contributed by atoms with van der Waals surface area (Å²) in [5, 5.41) is 7.12. The lowest BCUT2D eigenvalue weighted by molar-refractivity contribution is -0.137. The van der Waals surface area contributed by atoms with Crippen LogP contribution in [-0.2, 0) is 29.2 Å².